The van der Waals surface area contributed by atoms with Gasteiger partial charge in [-0.05, 0) is 24.6 Å². The lowest BCUT2D eigenvalue weighted by Gasteiger charge is -2.10. The number of nitrogens with one attached hydrogen (secondary N) is 2. The summed E-state index contributed by atoms with van der Waals surface area (Å²) >= 11 is 0. The van der Waals surface area contributed by atoms with E-state index in [4.69, 9.17) is 0 Å². The highest BCUT2D eigenvalue weighted by molar-refractivity contribution is 5.95. The Labute approximate surface area is 124 Å². The standard InChI is InChI=1S/C15H21N5O/c1-2-7-16-8-9-18-15(21)14-6-4-3-5-13(14)10-20-12-17-11-19-20/h3-6,11-12,16H,2,7-10H2,1H3,(H,18,21). The highest BCUT2D eigenvalue weighted by atomic mass is 16.1. The van der Waals surface area contributed by atoms with Gasteiger partial charge in [-0.15, -0.1) is 0 Å². The average Bonchev–Trinajstić information content (AvgIpc) is 3.00. The predicted molar refractivity (Wildman–Crippen MR) is 81.1 cm³/mol. The lowest BCUT2D eigenvalue weighted by Crippen LogP contribution is -2.32. The summed E-state index contributed by atoms with van der Waals surface area (Å²) in [4.78, 5) is 16.2. The molecule has 0 aliphatic rings. The molecule has 0 fully saturated rings. The largest absolute Gasteiger partial charge is 0.351 e. The first-order chi connectivity index (χ1) is 10.3. The smallest absolute Gasteiger partial charge is 0.251 e. The van der Waals surface area contributed by atoms with Gasteiger partial charge >= 0.3 is 0 Å². The fraction of sp³-hybridized carbons (Fsp3) is 0.400. The summed E-state index contributed by atoms with van der Waals surface area (Å²) in [6.45, 7) is 5.03. The Hall–Kier alpha value is -2.21. The van der Waals surface area contributed by atoms with Crippen LogP contribution < -0.4 is 10.6 Å². The van der Waals surface area contributed by atoms with Gasteiger partial charge in [-0.2, -0.15) is 5.10 Å². The second-order valence-electron chi connectivity index (χ2n) is 4.76. The molecule has 0 aliphatic carbocycles. The number of carbonyl (C=O) groups excluding carboxylic acids is 1. The number of nitrogens with zero attached hydrogens (tertiary/aromatic N) is 3. The number of rotatable bonds is 8. The molecular weight excluding hydrogens is 266 g/mol. The first kappa shape index (κ1) is 15.2. The highest BCUT2D eigenvalue weighted by Crippen LogP contribution is 2.10. The molecule has 2 rings (SSSR count). The second-order valence-corrected chi connectivity index (χ2v) is 4.76. The third-order valence-electron chi connectivity index (χ3n) is 3.08. The summed E-state index contributed by atoms with van der Waals surface area (Å²) in [5, 5.41) is 10.3. The lowest BCUT2D eigenvalue weighted by atomic mass is 10.1. The van der Waals surface area contributed by atoms with Crippen molar-refractivity contribution in [3.63, 3.8) is 0 Å². The monoisotopic (exact) mass is 287 g/mol. The topological polar surface area (TPSA) is 71.8 Å². The highest BCUT2D eigenvalue weighted by Gasteiger charge is 2.10. The lowest BCUT2D eigenvalue weighted by molar-refractivity contribution is 0.0953. The SMILES string of the molecule is CCCNCCNC(=O)c1ccccc1Cn1cncn1. The summed E-state index contributed by atoms with van der Waals surface area (Å²) in [5.41, 5.74) is 1.62. The van der Waals surface area contributed by atoms with Crippen LogP contribution in [0.25, 0.3) is 0 Å². The molecule has 1 amide bonds. The minimum absolute atomic E-state index is 0.0518. The van der Waals surface area contributed by atoms with E-state index in [2.05, 4.69) is 27.6 Å². The molecule has 21 heavy (non-hydrogen) atoms. The van der Waals surface area contributed by atoms with Crippen molar-refractivity contribution in [3.8, 4) is 0 Å². The van der Waals surface area contributed by atoms with Crippen molar-refractivity contribution in [3.05, 3.63) is 48.0 Å². The van der Waals surface area contributed by atoms with Crippen molar-refractivity contribution in [1.29, 1.82) is 0 Å². The third kappa shape index (κ3) is 4.68. The van der Waals surface area contributed by atoms with Gasteiger partial charge in [0.2, 0.25) is 0 Å². The first-order valence-electron chi connectivity index (χ1n) is 7.20. The van der Waals surface area contributed by atoms with Crippen molar-refractivity contribution in [2.75, 3.05) is 19.6 Å². The van der Waals surface area contributed by atoms with Crippen LogP contribution >= 0.6 is 0 Å². The molecule has 1 aromatic carbocycles. The predicted octanol–water partition coefficient (Wildman–Crippen LogP) is 1.06. The Morgan fingerprint density at radius 1 is 1.24 bits per heavy atom. The fourth-order valence-corrected chi connectivity index (χ4v) is 2.03. The zero-order chi connectivity index (χ0) is 14.9. The van der Waals surface area contributed by atoms with E-state index in [0.29, 0.717) is 18.7 Å². The number of hydrogen-bond acceptors (Lipinski definition) is 4. The molecule has 112 valence electrons. The van der Waals surface area contributed by atoms with Gasteiger partial charge < -0.3 is 10.6 Å². The summed E-state index contributed by atoms with van der Waals surface area (Å²) in [7, 11) is 0. The van der Waals surface area contributed by atoms with E-state index < -0.39 is 0 Å². The van der Waals surface area contributed by atoms with Crippen LogP contribution in [0.4, 0.5) is 0 Å². The molecule has 0 bridgehead atoms. The van der Waals surface area contributed by atoms with Crippen LogP contribution in [0.2, 0.25) is 0 Å². The average molecular weight is 287 g/mol. The summed E-state index contributed by atoms with van der Waals surface area (Å²) in [5.74, 6) is -0.0518. The van der Waals surface area contributed by atoms with Crippen LogP contribution in [0.1, 0.15) is 29.3 Å². The number of carbonyl (C=O) groups is 1. The molecule has 2 N–H and O–H groups in total. The number of benzene rings is 1. The Bertz CT molecular complexity index is 553. The molecule has 0 saturated carbocycles. The van der Waals surface area contributed by atoms with Crippen LogP contribution in [-0.2, 0) is 6.54 Å². The molecule has 6 nitrogen and oxygen atoms in total. The molecule has 6 heteroatoms. The zero-order valence-electron chi connectivity index (χ0n) is 12.2. The number of aromatic nitrogens is 3. The van der Waals surface area contributed by atoms with E-state index in [1.807, 2.05) is 24.3 Å². The van der Waals surface area contributed by atoms with Gasteiger partial charge in [0.15, 0.2) is 0 Å². The van der Waals surface area contributed by atoms with Crippen molar-refractivity contribution < 1.29 is 4.79 Å². The molecule has 0 aliphatic heterocycles. The van der Waals surface area contributed by atoms with Gasteiger partial charge in [0.1, 0.15) is 12.7 Å². The zero-order valence-corrected chi connectivity index (χ0v) is 12.2. The van der Waals surface area contributed by atoms with Crippen LogP contribution in [0.15, 0.2) is 36.9 Å². The van der Waals surface area contributed by atoms with Crippen LogP contribution in [-0.4, -0.2) is 40.3 Å². The van der Waals surface area contributed by atoms with E-state index >= 15 is 0 Å². The normalized spacial score (nSPS) is 10.5. The van der Waals surface area contributed by atoms with Gasteiger partial charge in [-0.1, -0.05) is 25.1 Å². The minimum Gasteiger partial charge on any atom is -0.351 e. The van der Waals surface area contributed by atoms with Gasteiger partial charge in [-0.3, -0.25) is 4.79 Å². The Morgan fingerprint density at radius 3 is 2.86 bits per heavy atom. The maximum absolute atomic E-state index is 12.2. The Balaban J connectivity index is 1.94. The molecule has 0 saturated heterocycles. The minimum atomic E-state index is -0.0518. The summed E-state index contributed by atoms with van der Waals surface area (Å²) in [6.07, 6.45) is 4.22. The third-order valence-corrected chi connectivity index (χ3v) is 3.08. The van der Waals surface area contributed by atoms with Gasteiger partial charge in [0, 0.05) is 18.7 Å². The van der Waals surface area contributed by atoms with Crippen LogP contribution in [0.5, 0.6) is 0 Å². The van der Waals surface area contributed by atoms with Crippen molar-refractivity contribution in [1.82, 2.24) is 25.4 Å². The van der Waals surface area contributed by atoms with Gasteiger partial charge in [0.25, 0.3) is 5.91 Å². The number of amides is 1. The second kappa shape index (κ2) is 8.16. The Kier molecular flexibility index (Phi) is 5.90. The molecule has 0 atom stereocenters. The quantitative estimate of drug-likeness (QED) is 0.712. The summed E-state index contributed by atoms with van der Waals surface area (Å²) < 4.78 is 1.70. The Morgan fingerprint density at radius 2 is 2.10 bits per heavy atom. The van der Waals surface area contributed by atoms with E-state index in [0.717, 1.165) is 25.1 Å². The molecule has 1 heterocycles. The number of hydrogen-bond donors (Lipinski definition) is 2. The van der Waals surface area contributed by atoms with E-state index in [-0.39, 0.29) is 5.91 Å². The van der Waals surface area contributed by atoms with E-state index in [1.54, 1.807) is 11.0 Å². The van der Waals surface area contributed by atoms with Crippen molar-refractivity contribution in [2.45, 2.75) is 19.9 Å². The van der Waals surface area contributed by atoms with Crippen molar-refractivity contribution in [2.24, 2.45) is 0 Å². The summed E-state index contributed by atoms with van der Waals surface area (Å²) in [6, 6.07) is 7.56. The maximum Gasteiger partial charge on any atom is 0.251 e. The van der Waals surface area contributed by atoms with Crippen LogP contribution in [0.3, 0.4) is 0 Å². The van der Waals surface area contributed by atoms with Gasteiger partial charge in [-0.25, -0.2) is 9.67 Å². The first-order valence-corrected chi connectivity index (χ1v) is 7.20. The molecule has 1 aromatic heterocycles. The van der Waals surface area contributed by atoms with Gasteiger partial charge in [0.05, 0.1) is 6.54 Å². The molecule has 0 unspecified atom stereocenters. The molecule has 0 radical (unpaired) electrons. The maximum atomic E-state index is 12.2. The van der Waals surface area contributed by atoms with Crippen molar-refractivity contribution >= 4 is 5.91 Å². The molecule has 0 spiro atoms. The van der Waals surface area contributed by atoms with Crippen LogP contribution in [0, 0.1) is 0 Å². The van der Waals surface area contributed by atoms with E-state index in [9.17, 15) is 4.79 Å². The van der Waals surface area contributed by atoms with E-state index in [1.165, 1.54) is 6.33 Å². The molecular formula is C15H21N5O. The fourth-order valence-electron chi connectivity index (χ4n) is 2.03. The molecule has 2 aromatic rings.